The number of rotatable bonds is 6. The van der Waals surface area contributed by atoms with Crippen LogP contribution in [0.2, 0.25) is 0 Å². The zero-order valence-electron chi connectivity index (χ0n) is 11.1. The van der Waals surface area contributed by atoms with Gasteiger partial charge in [-0.05, 0) is 18.6 Å². The van der Waals surface area contributed by atoms with E-state index < -0.39 is 0 Å². The summed E-state index contributed by atoms with van der Waals surface area (Å²) in [6, 6.07) is 4.15. The molecule has 0 saturated heterocycles. The number of methoxy groups -OCH3 is 2. The van der Waals surface area contributed by atoms with Crippen molar-refractivity contribution in [2.75, 3.05) is 32.7 Å². The zero-order chi connectivity index (χ0) is 14.1. The van der Waals surface area contributed by atoms with Gasteiger partial charge in [-0.15, -0.1) is 0 Å². The predicted octanol–water partition coefficient (Wildman–Crippen LogP) is 1.10. The molecule has 0 unspecified atom stereocenters. The summed E-state index contributed by atoms with van der Waals surface area (Å²) in [4.78, 5) is 4.21. The van der Waals surface area contributed by atoms with Crippen molar-refractivity contribution in [3.63, 3.8) is 0 Å². The number of hydrogen-bond acceptors (Lipinski definition) is 4. The lowest BCUT2D eigenvalue weighted by atomic mass is 10.3. The minimum Gasteiger partial charge on any atom is -0.494 e. The summed E-state index contributed by atoms with van der Waals surface area (Å²) in [5, 5.41) is 2.93. The maximum Gasteiger partial charge on any atom is 0.210 e. The molecule has 0 fully saturated rings. The molecule has 7 heteroatoms. The van der Waals surface area contributed by atoms with Gasteiger partial charge < -0.3 is 14.8 Å². The summed E-state index contributed by atoms with van der Waals surface area (Å²) < 4.78 is 23.0. The summed E-state index contributed by atoms with van der Waals surface area (Å²) in [5.74, 6) is 5.74. The molecular weight excluding hydrogens is 251 g/mol. The first kappa shape index (κ1) is 15.2. The molecule has 0 aliphatic rings. The molecule has 19 heavy (non-hydrogen) atoms. The molecule has 106 valence electrons. The Bertz CT molecular complexity index is 426. The number of guanidine groups is 1. The number of nitrogens with one attached hydrogen (secondary N) is 2. The van der Waals surface area contributed by atoms with E-state index >= 15 is 0 Å². The van der Waals surface area contributed by atoms with Crippen LogP contribution < -0.4 is 21.3 Å². The number of aliphatic imine (C=N–C) groups is 1. The molecule has 0 amide bonds. The molecule has 0 bridgehead atoms. The van der Waals surface area contributed by atoms with Gasteiger partial charge in [-0.3, -0.25) is 10.4 Å². The van der Waals surface area contributed by atoms with E-state index in [1.165, 1.54) is 19.2 Å². The molecular formula is C12H19FN4O2. The van der Waals surface area contributed by atoms with Crippen LogP contribution in [0.4, 0.5) is 10.1 Å². The number of ether oxygens (including phenoxy) is 2. The Labute approximate surface area is 111 Å². The SMILES string of the molecule is COCCCN=C(NN)Nc1ccc(F)cc1OC. The topological polar surface area (TPSA) is 80.9 Å². The fourth-order valence-corrected chi connectivity index (χ4v) is 1.42. The first-order valence-electron chi connectivity index (χ1n) is 5.81. The highest BCUT2D eigenvalue weighted by Crippen LogP contribution is 2.24. The van der Waals surface area contributed by atoms with E-state index in [0.29, 0.717) is 30.5 Å². The van der Waals surface area contributed by atoms with Crippen LogP contribution in [-0.4, -0.2) is 33.3 Å². The number of halogens is 1. The molecule has 0 aromatic heterocycles. The van der Waals surface area contributed by atoms with Crippen LogP contribution in [0.15, 0.2) is 23.2 Å². The Balaban J connectivity index is 2.69. The van der Waals surface area contributed by atoms with E-state index in [1.54, 1.807) is 13.2 Å². The van der Waals surface area contributed by atoms with E-state index in [0.717, 1.165) is 6.42 Å². The zero-order valence-corrected chi connectivity index (χ0v) is 11.1. The van der Waals surface area contributed by atoms with Crippen LogP contribution in [0.1, 0.15) is 6.42 Å². The predicted molar refractivity (Wildman–Crippen MR) is 72.7 cm³/mol. The molecule has 0 heterocycles. The van der Waals surface area contributed by atoms with Gasteiger partial charge in [0.05, 0.1) is 12.8 Å². The second-order valence-electron chi connectivity index (χ2n) is 3.69. The highest BCUT2D eigenvalue weighted by Gasteiger charge is 2.06. The quantitative estimate of drug-likeness (QED) is 0.237. The fourth-order valence-electron chi connectivity index (χ4n) is 1.42. The van der Waals surface area contributed by atoms with Crippen molar-refractivity contribution in [1.29, 1.82) is 0 Å². The molecule has 4 N–H and O–H groups in total. The minimum absolute atomic E-state index is 0.373. The Kier molecular flexibility index (Phi) is 6.62. The third-order valence-electron chi connectivity index (χ3n) is 2.33. The van der Waals surface area contributed by atoms with Crippen molar-refractivity contribution in [2.24, 2.45) is 10.8 Å². The Hall–Kier alpha value is -1.86. The summed E-state index contributed by atoms with van der Waals surface area (Å²) in [6.45, 7) is 1.19. The molecule has 0 atom stereocenters. The second-order valence-corrected chi connectivity index (χ2v) is 3.69. The molecule has 1 aromatic rings. The summed E-state index contributed by atoms with van der Waals surface area (Å²) in [6.07, 6.45) is 0.782. The van der Waals surface area contributed by atoms with Crippen LogP contribution in [0.5, 0.6) is 5.75 Å². The molecule has 0 aliphatic heterocycles. The van der Waals surface area contributed by atoms with E-state index in [9.17, 15) is 4.39 Å². The largest absolute Gasteiger partial charge is 0.494 e. The number of hydrazine groups is 1. The Morgan fingerprint density at radius 3 is 2.84 bits per heavy atom. The number of hydrogen-bond donors (Lipinski definition) is 3. The van der Waals surface area contributed by atoms with E-state index in [4.69, 9.17) is 15.3 Å². The van der Waals surface area contributed by atoms with Gasteiger partial charge in [0.1, 0.15) is 11.6 Å². The summed E-state index contributed by atoms with van der Waals surface area (Å²) in [7, 11) is 3.10. The third-order valence-corrected chi connectivity index (χ3v) is 2.33. The first-order valence-corrected chi connectivity index (χ1v) is 5.81. The lowest BCUT2D eigenvalue weighted by Crippen LogP contribution is -2.36. The molecule has 0 spiro atoms. The monoisotopic (exact) mass is 270 g/mol. The van der Waals surface area contributed by atoms with Gasteiger partial charge in [0.2, 0.25) is 5.96 Å². The normalized spacial score (nSPS) is 11.3. The Morgan fingerprint density at radius 2 is 2.21 bits per heavy atom. The summed E-state index contributed by atoms with van der Waals surface area (Å²) >= 11 is 0. The van der Waals surface area contributed by atoms with Crippen molar-refractivity contribution >= 4 is 11.6 Å². The van der Waals surface area contributed by atoms with Gasteiger partial charge in [0.15, 0.2) is 0 Å². The first-order chi connectivity index (χ1) is 9.21. The number of nitrogens with zero attached hydrogens (tertiary/aromatic N) is 1. The molecule has 0 radical (unpaired) electrons. The van der Waals surface area contributed by atoms with Gasteiger partial charge in [0, 0.05) is 26.3 Å². The lowest BCUT2D eigenvalue weighted by Gasteiger charge is -2.12. The highest BCUT2D eigenvalue weighted by atomic mass is 19.1. The van der Waals surface area contributed by atoms with Crippen LogP contribution in [-0.2, 0) is 4.74 Å². The third kappa shape index (κ3) is 5.11. The van der Waals surface area contributed by atoms with Crippen molar-refractivity contribution in [3.05, 3.63) is 24.0 Å². The molecule has 1 aromatic carbocycles. The molecule has 1 rings (SSSR count). The van der Waals surface area contributed by atoms with Crippen LogP contribution in [0.3, 0.4) is 0 Å². The van der Waals surface area contributed by atoms with Crippen molar-refractivity contribution in [2.45, 2.75) is 6.42 Å². The second kappa shape index (κ2) is 8.28. The number of benzene rings is 1. The summed E-state index contributed by atoms with van der Waals surface area (Å²) in [5.41, 5.74) is 3.02. The molecule has 0 aliphatic carbocycles. The minimum atomic E-state index is -0.373. The van der Waals surface area contributed by atoms with Gasteiger partial charge in [-0.25, -0.2) is 10.2 Å². The standard InChI is InChI=1S/C12H19FN4O2/c1-18-7-3-6-15-12(17-14)16-10-5-4-9(13)8-11(10)19-2/h4-5,8H,3,6-7,14H2,1-2H3,(H2,15,16,17). The number of anilines is 1. The number of nitrogens with two attached hydrogens (primary N) is 1. The highest BCUT2D eigenvalue weighted by molar-refractivity contribution is 5.94. The van der Waals surface area contributed by atoms with Crippen molar-refractivity contribution < 1.29 is 13.9 Å². The van der Waals surface area contributed by atoms with Crippen LogP contribution in [0.25, 0.3) is 0 Å². The van der Waals surface area contributed by atoms with E-state index in [1.807, 2.05) is 0 Å². The fraction of sp³-hybridized carbons (Fsp3) is 0.417. The Morgan fingerprint density at radius 1 is 1.42 bits per heavy atom. The van der Waals surface area contributed by atoms with Gasteiger partial charge in [-0.1, -0.05) is 0 Å². The van der Waals surface area contributed by atoms with E-state index in [-0.39, 0.29) is 5.82 Å². The van der Waals surface area contributed by atoms with Gasteiger partial charge >= 0.3 is 0 Å². The lowest BCUT2D eigenvalue weighted by molar-refractivity contribution is 0.197. The molecule has 0 saturated carbocycles. The maximum absolute atomic E-state index is 13.0. The van der Waals surface area contributed by atoms with Crippen LogP contribution in [0, 0.1) is 5.82 Å². The average Bonchev–Trinajstić information content (AvgIpc) is 2.43. The van der Waals surface area contributed by atoms with Gasteiger partial charge in [0.25, 0.3) is 0 Å². The average molecular weight is 270 g/mol. The molecule has 6 nitrogen and oxygen atoms in total. The van der Waals surface area contributed by atoms with Crippen LogP contribution >= 0.6 is 0 Å². The maximum atomic E-state index is 13.0. The van der Waals surface area contributed by atoms with Crippen molar-refractivity contribution in [1.82, 2.24) is 5.43 Å². The van der Waals surface area contributed by atoms with Crippen molar-refractivity contribution in [3.8, 4) is 5.75 Å². The van der Waals surface area contributed by atoms with E-state index in [2.05, 4.69) is 15.7 Å². The smallest absolute Gasteiger partial charge is 0.210 e. The van der Waals surface area contributed by atoms with Gasteiger partial charge in [-0.2, -0.15) is 0 Å².